The van der Waals surface area contributed by atoms with Crippen molar-refractivity contribution in [3.05, 3.63) is 46.4 Å². The monoisotopic (exact) mass is 222 g/mol. The number of hydrogen-bond donors (Lipinski definition) is 0. The molecule has 85 valence electrons. The number of esters is 1. The van der Waals surface area contributed by atoms with Crippen LogP contribution in [0.3, 0.4) is 0 Å². The van der Waals surface area contributed by atoms with Crippen LogP contribution in [-0.4, -0.2) is 18.0 Å². The molecule has 0 N–H and O–H groups in total. The first-order chi connectivity index (χ1) is 7.45. The molecule has 5 heteroatoms. The maximum absolute atomic E-state index is 11.3. The molecule has 1 unspecified atom stereocenters. The molecule has 1 aromatic rings. The number of carbonyl (C=O) groups is 1. The third-order valence-corrected chi connectivity index (χ3v) is 2.14. The first-order valence-corrected chi connectivity index (χ1v) is 4.66. The van der Waals surface area contributed by atoms with Crippen molar-refractivity contribution < 1.29 is 14.5 Å². The van der Waals surface area contributed by atoms with E-state index in [4.69, 9.17) is 0 Å². The van der Waals surface area contributed by atoms with Crippen LogP contribution < -0.4 is 0 Å². The van der Waals surface area contributed by atoms with Gasteiger partial charge in [-0.05, 0) is 24.5 Å². The zero-order chi connectivity index (χ0) is 12.3. The van der Waals surface area contributed by atoms with Crippen LogP contribution in [0.5, 0.6) is 0 Å². The van der Waals surface area contributed by atoms with E-state index in [1.54, 1.807) is 13.0 Å². The standard InChI is InChI=1S/C11H12NO4/c1-7(2)8-4-9(11(13)16-3)6-10(5-8)12(14)15/h4-7H,1H2,2-3H3. The Labute approximate surface area is 93.2 Å². The molecule has 0 aliphatic carbocycles. The second kappa shape index (κ2) is 4.74. The predicted molar refractivity (Wildman–Crippen MR) is 58.2 cm³/mol. The first-order valence-electron chi connectivity index (χ1n) is 4.66. The predicted octanol–water partition coefficient (Wildman–Crippen LogP) is 2.32. The molecule has 5 nitrogen and oxygen atoms in total. The average Bonchev–Trinajstić information content (AvgIpc) is 2.27. The Morgan fingerprint density at radius 2 is 2.12 bits per heavy atom. The summed E-state index contributed by atoms with van der Waals surface area (Å²) in [6.07, 6.45) is 0. The van der Waals surface area contributed by atoms with Crippen LogP contribution in [0.25, 0.3) is 0 Å². The van der Waals surface area contributed by atoms with E-state index in [-0.39, 0.29) is 17.2 Å². The minimum absolute atomic E-state index is 0.131. The lowest BCUT2D eigenvalue weighted by atomic mass is 10.00. The molecule has 1 rings (SSSR count). The van der Waals surface area contributed by atoms with Crippen LogP contribution >= 0.6 is 0 Å². The van der Waals surface area contributed by atoms with Crippen molar-refractivity contribution in [1.29, 1.82) is 0 Å². The van der Waals surface area contributed by atoms with Gasteiger partial charge in [0.15, 0.2) is 0 Å². The largest absolute Gasteiger partial charge is 0.465 e. The van der Waals surface area contributed by atoms with Crippen molar-refractivity contribution in [3.8, 4) is 0 Å². The molecule has 0 saturated carbocycles. The average molecular weight is 222 g/mol. The van der Waals surface area contributed by atoms with E-state index in [1.807, 2.05) is 0 Å². The summed E-state index contributed by atoms with van der Waals surface area (Å²) in [5, 5.41) is 10.7. The molecule has 0 spiro atoms. The summed E-state index contributed by atoms with van der Waals surface area (Å²) in [5.41, 5.74) is 0.671. The van der Waals surface area contributed by atoms with E-state index in [0.29, 0.717) is 5.56 Å². The number of hydrogen-bond acceptors (Lipinski definition) is 4. The fourth-order valence-electron chi connectivity index (χ4n) is 1.26. The Morgan fingerprint density at radius 1 is 1.50 bits per heavy atom. The Balaban J connectivity index is 3.29. The van der Waals surface area contributed by atoms with Gasteiger partial charge in [0, 0.05) is 12.1 Å². The molecule has 0 fully saturated rings. The van der Waals surface area contributed by atoms with Crippen molar-refractivity contribution in [1.82, 2.24) is 0 Å². The van der Waals surface area contributed by atoms with E-state index < -0.39 is 10.9 Å². The van der Waals surface area contributed by atoms with Gasteiger partial charge in [-0.3, -0.25) is 10.1 Å². The zero-order valence-corrected chi connectivity index (χ0v) is 9.10. The Bertz CT molecular complexity index is 426. The first kappa shape index (κ1) is 12.2. The number of methoxy groups -OCH3 is 1. The molecule has 16 heavy (non-hydrogen) atoms. The van der Waals surface area contributed by atoms with Crippen LogP contribution in [0.4, 0.5) is 5.69 Å². The molecule has 0 saturated heterocycles. The molecular formula is C11H12NO4. The van der Waals surface area contributed by atoms with Crippen LogP contribution in [-0.2, 0) is 4.74 Å². The van der Waals surface area contributed by atoms with E-state index in [0.717, 1.165) is 0 Å². The number of benzene rings is 1. The van der Waals surface area contributed by atoms with Crippen molar-refractivity contribution in [2.45, 2.75) is 12.8 Å². The van der Waals surface area contributed by atoms with Gasteiger partial charge >= 0.3 is 5.97 Å². The van der Waals surface area contributed by atoms with Crippen molar-refractivity contribution in [3.63, 3.8) is 0 Å². The minimum atomic E-state index is -0.592. The summed E-state index contributed by atoms with van der Waals surface area (Å²) in [4.78, 5) is 21.4. The third-order valence-electron chi connectivity index (χ3n) is 2.14. The highest BCUT2D eigenvalue weighted by Gasteiger charge is 2.15. The summed E-state index contributed by atoms with van der Waals surface area (Å²) in [6, 6.07) is 4.15. The van der Waals surface area contributed by atoms with E-state index in [1.165, 1.54) is 19.2 Å². The zero-order valence-electron chi connectivity index (χ0n) is 9.10. The second-order valence-electron chi connectivity index (χ2n) is 3.46. The van der Waals surface area contributed by atoms with Gasteiger partial charge in [-0.1, -0.05) is 6.92 Å². The SMILES string of the molecule is [CH2]C(C)c1cc(C(=O)OC)cc([N+](=O)[O-])c1. The van der Waals surface area contributed by atoms with Gasteiger partial charge < -0.3 is 4.74 Å². The van der Waals surface area contributed by atoms with Gasteiger partial charge in [0.25, 0.3) is 5.69 Å². The van der Waals surface area contributed by atoms with Crippen molar-refractivity contribution >= 4 is 11.7 Å². The number of nitro benzene ring substituents is 1. The fourth-order valence-corrected chi connectivity index (χ4v) is 1.26. The number of ether oxygens (including phenoxy) is 1. The minimum Gasteiger partial charge on any atom is -0.465 e. The number of nitro groups is 1. The number of carbonyl (C=O) groups excluding carboxylic acids is 1. The highest BCUT2D eigenvalue weighted by atomic mass is 16.6. The number of nitrogens with zero attached hydrogens (tertiary/aromatic N) is 1. The molecule has 0 aliphatic rings. The lowest BCUT2D eigenvalue weighted by Gasteiger charge is -2.07. The maximum atomic E-state index is 11.3. The van der Waals surface area contributed by atoms with E-state index in [2.05, 4.69) is 11.7 Å². The normalized spacial score (nSPS) is 10.2. The summed E-state index contributed by atoms with van der Waals surface area (Å²) in [6.45, 7) is 5.55. The van der Waals surface area contributed by atoms with Crippen LogP contribution in [0.1, 0.15) is 28.8 Å². The summed E-state index contributed by atoms with van der Waals surface area (Å²) in [5.74, 6) is -0.728. The molecule has 0 heterocycles. The molecule has 1 radical (unpaired) electrons. The quantitative estimate of drug-likeness (QED) is 0.447. The van der Waals surface area contributed by atoms with E-state index in [9.17, 15) is 14.9 Å². The second-order valence-corrected chi connectivity index (χ2v) is 3.46. The summed E-state index contributed by atoms with van der Waals surface area (Å²) in [7, 11) is 1.23. The van der Waals surface area contributed by atoms with E-state index >= 15 is 0 Å². The lowest BCUT2D eigenvalue weighted by molar-refractivity contribution is -0.385. The molecular weight excluding hydrogens is 210 g/mol. The Kier molecular flexibility index (Phi) is 3.60. The van der Waals surface area contributed by atoms with Gasteiger partial charge in [-0.2, -0.15) is 0 Å². The van der Waals surface area contributed by atoms with Crippen LogP contribution in [0, 0.1) is 17.0 Å². The maximum Gasteiger partial charge on any atom is 0.338 e. The lowest BCUT2D eigenvalue weighted by Crippen LogP contribution is -2.04. The molecule has 1 aromatic carbocycles. The van der Waals surface area contributed by atoms with Gasteiger partial charge in [-0.25, -0.2) is 4.79 Å². The molecule has 0 aromatic heterocycles. The highest BCUT2D eigenvalue weighted by Crippen LogP contribution is 2.23. The molecule has 0 aliphatic heterocycles. The van der Waals surface area contributed by atoms with Gasteiger partial charge in [-0.15, -0.1) is 0 Å². The van der Waals surface area contributed by atoms with Gasteiger partial charge in [0.2, 0.25) is 0 Å². The molecule has 1 atom stereocenters. The van der Waals surface area contributed by atoms with Gasteiger partial charge in [0.1, 0.15) is 0 Å². The Morgan fingerprint density at radius 3 is 2.56 bits per heavy atom. The highest BCUT2D eigenvalue weighted by molar-refractivity contribution is 5.90. The molecule has 0 amide bonds. The number of rotatable bonds is 3. The molecule has 0 bridgehead atoms. The van der Waals surface area contributed by atoms with Crippen molar-refractivity contribution in [2.75, 3.05) is 7.11 Å². The smallest absolute Gasteiger partial charge is 0.338 e. The topological polar surface area (TPSA) is 69.4 Å². The number of non-ortho nitro benzene ring substituents is 1. The summed E-state index contributed by atoms with van der Waals surface area (Å²) < 4.78 is 4.52. The fraction of sp³-hybridized carbons (Fsp3) is 0.273. The van der Waals surface area contributed by atoms with Gasteiger partial charge in [0.05, 0.1) is 17.6 Å². The van der Waals surface area contributed by atoms with Crippen molar-refractivity contribution in [2.24, 2.45) is 0 Å². The van der Waals surface area contributed by atoms with Crippen LogP contribution in [0.2, 0.25) is 0 Å². The Hall–Kier alpha value is -1.91. The third kappa shape index (κ3) is 2.56. The summed E-state index contributed by atoms with van der Waals surface area (Å²) >= 11 is 0. The van der Waals surface area contributed by atoms with Crippen LogP contribution in [0.15, 0.2) is 18.2 Å².